The molecule has 0 aromatic heterocycles. The van der Waals surface area contributed by atoms with Gasteiger partial charge in [0.25, 0.3) is 0 Å². The second-order valence-corrected chi connectivity index (χ2v) is 7.67. The van der Waals surface area contributed by atoms with Crippen LogP contribution in [0, 0.1) is 0 Å². The summed E-state index contributed by atoms with van der Waals surface area (Å²) in [7, 11) is 0. The van der Waals surface area contributed by atoms with Gasteiger partial charge in [0.1, 0.15) is 0 Å². The van der Waals surface area contributed by atoms with Gasteiger partial charge in [-0.1, -0.05) is 80.1 Å². The molecule has 132 valence electrons. The van der Waals surface area contributed by atoms with E-state index in [1.54, 1.807) is 0 Å². The van der Waals surface area contributed by atoms with Crippen LogP contribution in [-0.2, 0) is 12.8 Å². The van der Waals surface area contributed by atoms with Crippen molar-refractivity contribution in [1.29, 1.82) is 0 Å². The minimum atomic E-state index is 1.03. The van der Waals surface area contributed by atoms with Crippen LogP contribution < -0.4 is 0 Å². The maximum atomic E-state index is 2.40. The summed E-state index contributed by atoms with van der Waals surface area (Å²) in [6, 6.07) is 27.0. The molecule has 0 saturated carbocycles. The topological polar surface area (TPSA) is 0 Å². The fourth-order valence-electron chi connectivity index (χ4n) is 4.41. The summed E-state index contributed by atoms with van der Waals surface area (Å²) in [5.41, 5.74) is 7.14. The lowest BCUT2D eigenvalue weighted by atomic mass is 9.90. The zero-order valence-electron chi connectivity index (χ0n) is 15.8. The molecule has 0 heterocycles. The molecule has 0 atom stereocenters. The van der Waals surface area contributed by atoms with E-state index in [1.165, 1.54) is 62.2 Å². The Balaban J connectivity index is 1.72. The Bertz CT molecular complexity index is 1180. The van der Waals surface area contributed by atoms with Crippen LogP contribution in [0.25, 0.3) is 33.2 Å². The van der Waals surface area contributed by atoms with E-state index in [4.69, 9.17) is 0 Å². The molecule has 0 aliphatic heterocycles. The molecule has 4 aromatic carbocycles. The van der Waals surface area contributed by atoms with Crippen molar-refractivity contribution in [2.24, 2.45) is 0 Å². The van der Waals surface area contributed by atoms with Gasteiger partial charge in [-0.05, 0) is 80.8 Å². The van der Waals surface area contributed by atoms with E-state index in [-0.39, 0.29) is 0 Å². The van der Waals surface area contributed by atoms with Crippen molar-refractivity contribution in [1.82, 2.24) is 0 Å². The molecule has 0 N–H and O–H groups in total. The van der Waals surface area contributed by atoms with Crippen molar-refractivity contribution in [3.8, 4) is 0 Å². The average Bonchev–Trinajstić information content (AvgIpc) is 3.14. The SMILES string of the molecule is CCCCc1ccc(C2=Cc3ccccc3C2)c2cc3ccccc3cc12. The molecule has 1 aliphatic carbocycles. The molecule has 0 spiro atoms. The molecule has 0 radical (unpaired) electrons. The summed E-state index contributed by atoms with van der Waals surface area (Å²) < 4.78 is 0. The highest BCUT2D eigenvalue weighted by atomic mass is 14.2. The van der Waals surface area contributed by atoms with Crippen LogP contribution in [0.1, 0.15) is 42.0 Å². The summed E-state index contributed by atoms with van der Waals surface area (Å²) in [4.78, 5) is 0. The van der Waals surface area contributed by atoms with Gasteiger partial charge in [0, 0.05) is 0 Å². The predicted molar refractivity (Wildman–Crippen MR) is 118 cm³/mol. The number of rotatable bonds is 4. The first-order chi connectivity index (χ1) is 13.3. The number of hydrogen-bond acceptors (Lipinski definition) is 0. The molecule has 0 bridgehead atoms. The second-order valence-electron chi connectivity index (χ2n) is 7.67. The molecule has 0 saturated heterocycles. The van der Waals surface area contributed by atoms with E-state index < -0.39 is 0 Å². The largest absolute Gasteiger partial charge is 0.0654 e. The third-order valence-electron chi connectivity index (χ3n) is 5.88. The first-order valence-corrected chi connectivity index (χ1v) is 10.1. The summed E-state index contributed by atoms with van der Waals surface area (Å²) in [5, 5.41) is 5.50. The average molecular weight is 348 g/mol. The minimum absolute atomic E-state index is 1.03. The highest BCUT2D eigenvalue weighted by Crippen LogP contribution is 2.37. The van der Waals surface area contributed by atoms with Gasteiger partial charge < -0.3 is 0 Å². The van der Waals surface area contributed by atoms with Gasteiger partial charge in [0.2, 0.25) is 0 Å². The maximum absolute atomic E-state index is 2.40. The van der Waals surface area contributed by atoms with Crippen molar-refractivity contribution in [3.63, 3.8) is 0 Å². The highest BCUT2D eigenvalue weighted by molar-refractivity contribution is 6.07. The lowest BCUT2D eigenvalue weighted by Gasteiger charge is -2.14. The summed E-state index contributed by atoms with van der Waals surface area (Å²) >= 11 is 0. The molecule has 27 heavy (non-hydrogen) atoms. The van der Waals surface area contributed by atoms with Crippen LogP contribution in [-0.4, -0.2) is 0 Å². The monoisotopic (exact) mass is 348 g/mol. The summed E-state index contributed by atoms with van der Waals surface area (Å²) in [6.45, 7) is 2.27. The van der Waals surface area contributed by atoms with Crippen molar-refractivity contribution in [2.75, 3.05) is 0 Å². The lowest BCUT2D eigenvalue weighted by molar-refractivity contribution is 0.799. The standard InChI is InChI=1S/C27H24/c1-2-3-8-19-13-14-25(24-15-20-9-4-5-10-21(20)16-24)27-18-23-12-7-6-11-22(23)17-26(19)27/h4-7,9-15,17-18H,2-3,8,16H2,1H3. The second kappa shape index (κ2) is 6.70. The number of hydrogen-bond donors (Lipinski definition) is 0. The number of aryl methyl sites for hydroxylation is 1. The Hall–Kier alpha value is -2.86. The highest BCUT2D eigenvalue weighted by Gasteiger charge is 2.17. The Morgan fingerprint density at radius 2 is 1.52 bits per heavy atom. The van der Waals surface area contributed by atoms with Crippen LogP contribution in [0.5, 0.6) is 0 Å². The Morgan fingerprint density at radius 1 is 0.778 bits per heavy atom. The van der Waals surface area contributed by atoms with Gasteiger partial charge >= 0.3 is 0 Å². The third kappa shape index (κ3) is 2.86. The number of allylic oxidation sites excluding steroid dienone is 1. The maximum Gasteiger partial charge on any atom is -0.00135 e. The molecule has 1 aliphatic rings. The summed E-state index contributed by atoms with van der Waals surface area (Å²) in [5.74, 6) is 0. The molecular weight excluding hydrogens is 324 g/mol. The molecule has 0 amide bonds. The van der Waals surface area contributed by atoms with Gasteiger partial charge in [0.15, 0.2) is 0 Å². The fraction of sp³-hybridized carbons (Fsp3) is 0.185. The smallest absolute Gasteiger partial charge is 0.00135 e. The predicted octanol–water partition coefficient (Wildman–Crippen LogP) is 7.43. The van der Waals surface area contributed by atoms with Crippen LogP contribution >= 0.6 is 0 Å². The Kier molecular flexibility index (Phi) is 4.05. The molecule has 0 unspecified atom stereocenters. The lowest BCUT2D eigenvalue weighted by Crippen LogP contribution is -1.93. The molecule has 4 aromatic rings. The van der Waals surface area contributed by atoms with Gasteiger partial charge in [-0.15, -0.1) is 0 Å². The van der Waals surface area contributed by atoms with Crippen molar-refractivity contribution in [3.05, 3.63) is 95.1 Å². The van der Waals surface area contributed by atoms with E-state index in [0.717, 1.165) is 12.8 Å². The van der Waals surface area contributed by atoms with Crippen LogP contribution in [0.3, 0.4) is 0 Å². The Labute approximate surface area is 161 Å². The van der Waals surface area contributed by atoms with Crippen molar-refractivity contribution >= 4 is 33.2 Å². The number of unbranched alkanes of at least 4 members (excludes halogenated alkanes) is 1. The summed E-state index contributed by atoms with van der Waals surface area (Å²) in [6.07, 6.45) is 7.05. The minimum Gasteiger partial charge on any atom is -0.0654 e. The normalized spacial score (nSPS) is 13.1. The molecular formula is C27H24. The van der Waals surface area contributed by atoms with E-state index in [9.17, 15) is 0 Å². The Morgan fingerprint density at radius 3 is 2.30 bits per heavy atom. The fourth-order valence-corrected chi connectivity index (χ4v) is 4.41. The first kappa shape index (κ1) is 16.3. The van der Waals surface area contributed by atoms with Gasteiger partial charge in [-0.2, -0.15) is 0 Å². The third-order valence-corrected chi connectivity index (χ3v) is 5.88. The number of fused-ring (bicyclic) bond motifs is 3. The van der Waals surface area contributed by atoms with Gasteiger partial charge in [-0.25, -0.2) is 0 Å². The van der Waals surface area contributed by atoms with Crippen LogP contribution in [0.4, 0.5) is 0 Å². The van der Waals surface area contributed by atoms with Crippen molar-refractivity contribution in [2.45, 2.75) is 32.6 Å². The van der Waals surface area contributed by atoms with E-state index >= 15 is 0 Å². The zero-order valence-corrected chi connectivity index (χ0v) is 15.8. The number of benzene rings is 4. The van der Waals surface area contributed by atoms with E-state index in [0.29, 0.717) is 0 Å². The zero-order chi connectivity index (χ0) is 18.2. The van der Waals surface area contributed by atoms with Gasteiger partial charge in [0.05, 0.1) is 0 Å². The van der Waals surface area contributed by atoms with E-state index in [2.05, 4.69) is 85.8 Å². The molecule has 0 nitrogen and oxygen atoms in total. The van der Waals surface area contributed by atoms with E-state index in [1.807, 2.05) is 0 Å². The molecule has 0 heteroatoms. The van der Waals surface area contributed by atoms with Crippen LogP contribution in [0.2, 0.25) is 0 Å². The molecule has 5 rings (SSSR count). The molecule has 0 fully saturated rings. The van der Waals surface area contributed by atoms with Crippen molar-refractivity contribution < 1.29 is 0 Å². The first-order valence-electron chi connectivity index (χ1n) is 10.1. The quantitative estimate of drug-likeness (QED) is 0.336. The van der Waals surface area contributed by atoms with Crippen LogP contribution in [0.15, 0.2) is 72.8 Å². The van der Waals surface area contributed by atoms with Gasteiger partial charge in [-0.3, -0.25) is 0 Å².